The summed E-state index contributed by atoms with van der Waals surface area (Å²) in [5, 5.41) is 20.4. The molecule has 0 spiro atoms. The summed E-state index contributed by atoms with van der Waals surface area (Å²) in [4.78, 5) is 65.6. The van der Waals surface area contributed by atoms with Gasteiger partial charge in [-0.3, -0.25) is 14.4 Å². The summed E-state index contributed by atoms with van der Waals surface area (Å²) in [7, 11) is 0. The number of aromatic hydroxyl groups is 1. The summed E-state index contributed by atoms with van der Waals surface area (Å²) in [5.74, 6) is -5.80. The first-order valence-corrected chi connectivity index (χ1v) is 11.6. The van der Waals surface area contributed by atoms with Crippen LogP contribution in [0.25, 0.3) is 0 Å². The van der Waals surface area contributed by atoms with Gasteiger partial charge in [0.2, 0.25) is 0 Å². The Labute approximate surface area is 218 Å². The largest absolute Gasteiger partial charge is 0.506 e. The van der Waals surface area contributed by atoms with E-state index in [9.17, 15) is 34.2 Å². The topological polar surface area (TPSA) is 148 Å². The van der Waals surface area contributed by atoms with Crippen LogP contribution in [0, 0.1) is 5.92 Å². The standard InChI is InChI=1S/C25H15Cl2NO9/c26-15-6-13-19(8-17(15)29)36-20-9-18(30)16(27)7-14(20)23(13)11-2-1-10(5-12(11)24(33)34)25(35)37-28-21(31)3-4-22(28)32/h1-2,5-9,13,23,30H,3-4H2,(H,33,34). The Bertz CT molecular complexity index is 1480. The lowest BCUT2D eigenvalue weighted by Gasteiger charge is -2.36. The van der Waals surface area contributed by atoms with Gasteiger partial charge in [0.15, 0.2) is 5.78 Å². The van der Waals surface area contributed by atoms with E-state index in [0.717, 1.165) is 6.07 Å². The van der Waals surface area contributed by atoms with Gasteiger partial charge in [0.1, 0.15) is 17.3 Å². The lowest BCUT2D eigenvalue weighted by atomic mass is 9.74. The summed E-state index contributed by atoms with van der Waals surface area (Å²) in [6, 6.07) is 6.40. The average molecular weight is 544 g/mol. The molecular formula is C25H15Cl2NO9. The molecule has 2 N–H and O–H groups in total. The van der Waals surface area contributed by atoms with Crippen LogP contribution in [0.3, 0.4) is 0 Å². The van der Waals surface area contributed by atoms with Crippen molar-refractivity contribution < 1.29 is 43.8 Å². The summed E-state index contributed by atoms with van der Waals surface area (Å²) < 4.78 is 5.83. The maximum absolute atomic E-state index is 12.6. The number of carbonyl (C=O) groups excluding carboxylic acids is 4. The molecule has 2 atom stereocenters. The number of fused-ring (bicyclic) bond motifs is 2. The number of ketones is 1. The lowest BCUT2D eigenvalue weighted by Crippen LogP contribution is -2.32. The van der Waals surface area contributed by atoms with Crippen LogP contribution in [-0.4, -0.2) is 44.8 Å². The first kappa shape index (κ1) is 24.5. The highest BCUT2D eigenvalue weighted by atomic mass is 35.5. The Hall–Kier alpha value is -4.15. The van der Waals surface area contributed by atoms with Crippen molar-refractivity contribution >= 4 is 52.7 Å². The van der Waals surface area contributed by atoms with Gasteiger partial charge < -0.3 is 19.8 Å². The number of carboxylic acid groups (broad SMARTS) is 1. The molecule has 5 rings (SSSR count). The van der Waals surface area contributed by atoms with Crippen LogP contribution in [0.2, 0.25) is 5.02 Å². The zero-order valence-electron chi connectivity index (χ0n) is 18.6. The maximum Gasteiger partial charge on any atom is 0.363 e. The summed E-state index contributed by atoms with van der Waals surface area (Å²) >= 11 is 12.3. The Balaban J connectivity index is 1.62. The molecule has 0 radical (unpaired) electrons. The molecule has 2 heterocycles. The zero-order chi connectivity index (χ0) is 26.6. The van der Waals surface area contributed by atoms with Gasteiger partial charge in [0.05, 0.1) is 21.2 Å². The van der Waals surface area contributed by atoms with Gasteiger partial charge in [0, 0.05) is 42.4 Å². The molecule has 37 heavy (non-hydrogen) atoms. The van der Waals surface area contributed by atoms with E-state index in [2.05, 4.69) is 0 Å². The number of carbonyl (C=O) groups is 5. The van der Waals surface area contributed by atoms with Crippen molar-refractivity contribution in [1.82, 2.24) is 5.06 Å². The van der Waals surface area contributed by atoms with E-state index >= 15 is 0 Å². The summed E-state index contributed by atoms with van der Waals surface area (Å²) in [5.41, 5.74) is 0.116. The molecule has 2 aromatic carbocycles. The van der Waals surface area contributed by atoms with Crippen molar-refractivity contribution in [2.75, 3.05) is 0 Å². The molecule has 0 aromatic heterocycles. The number of benzene rings is 2. The molecule has 3 aliphatic rings. The third-order valence-corrected chi connectivity index (χ3v) is 6.81. The Morgan fingerprint density at radius 3 is 2.41 bits per heavy atom. The number of aromatic carboxylic acids is 1. The second kappa shape index (κ2) is 9.06. The van der Waals surface area contributed by atoms with Crippen molar-refractivity contribution in [3.05, 3.63) is 80.6 Å². The van der Waals surface area contributed by atoms with Crippen LogP contribution in [0.5, 0.6) is 11.5 Å². The molecule has 2 unspecified atom stereocenters. The van der Waals surface area contributed by atoms with Crippen LogP contribution in [0.15, 0.2) is 53.3 Å². The normalized spacial score (nSPS) is 20.5. The van der Waals surface area contributed by atoms with Gasteiger partial charge in [0.25, 0.3) is 11.8 Å². The number of allylic oxidation sites excluding steroid dienone is 3. The highest BCUT2D eigenvalue weighted by Gasteiger charge is 2.40. The summed E-state index contributed by atoms with van der Waals surface area (Å²) in [6.45, 7) is 0. The van der Waals surface area contributed by atoms with Crippen molar-refractivity contribution in [1.29, 1.82) is 0 Å². The first-order chi connectivity index (χ1) is 17.5. The number of phenolic OH excluding ortho intramolecular Hbond substituents is 1. The molecule has 2 aromatic rings. The molecular weight excluding hydrogens is 529 g/mol. The Morgan fingerprint density at radius 2 is 1.73 bits per heavy atom. The lowest BCUT2D eigenvalue weighted by molar-refractivity contribution is -0.172. The highest BCUT2D eigenvalue weighted by molar-refractivity contribution is 6.44. The highest BCUT2D eigenvalue weighted by Crippen LogP contribution is 2.51. The van der Waals surface area contributed by atoms with E-state index in [4.69, 9.17) is 32.8 Å². The van der Waals surface area contributed by atoms with Gasteiger partial charge in [-0.25, -0.2) is 9.59 Å². The van der Waals surface area contributed by atoms with Crippen LogP contribution < -0.4 is 4.74 Å². The third kappa shape index (κ3) is 4.24. The van der Waals surface area contributed by atoms with Crippen molar-refractivity contribution in [2.24, 2.45) is 5.92 Å². The van der Waals surface area contributed by atoms with E-state index < -0.39 is 41.4 Å². The number of hydroxylamine groups is 2. The Kier molecular flexibility index (Phi) is 6.01. The third-order valence-electron chi connectivity index (χ3n) is 6.20. The van der Waals surface area contributed by atoms with Gasteiger partial charge in [-0.2, -0.15) is 0 Å². The monoisotopic (exact) mass is 543 g/mol. The number of phenols is 1. The SMILES string of the molecule is O=C1C=C2Oc3cc(O)c(Cl)cc3C(c3ccc(C(=O)ON4C(=O)CCC4=O)cc3C(=O)O)C2C=C1Cl. The second-order valence-electron chi connectivity index (χ2n) is 8.44. The summed E-state index contributed by atoms with van der Waals surface area (Å²) in [6.07, 6.45) is 2.43. The molecule has 2 aliphatic heterocycles. The fourth-order valence-electron chi connectivity index (χ4n) is 4.48. The first-order valence-electron chi connectivity index (χ1n) is 10.8. The van der Waals surface area contributed by atoms with Crippen LogP contribution in [0.4, 0.5) is 0 Å². The number of nitrogens with zero attached hydrogens (tertiary/aromatic N) is 1. The molecule has 12 heteroatoms. The zero-order valence-corrected chi connectivity index (χ0v) is 20.1. The molecule has 0 bridgehead atoms. The second-order valence-corrected chi connectivity index (χ2v) is 9.25. The van der Waals surface area contributed by atoms with E-state index in [0.29, 0.717) is 10.6 Å². The van der Waals surface area contributed by atoms with Crippen molar-refractivity contribution in [3.63, 3.8) is 0 Å². The van der Waals surface area contributed by atoms with Gasteiger partial charge in [-0.1, -0.05) is 35.3 Å². The fraction of sp³-hybridized carbons (Fsp3) is 0.160. The quantitative estimate of drug-likeness (QED) is 0.550. The number of hydrogen-bond acceptors (Lipinski definition) is 8. The number of carboxylic acids is 1. The number of halogens is 2. The number of hydrogen-bond donors (Lipinski definition) is 2. The predicted molar refractivity (Wildman–Crippen MR) is 126 cm³/mol. The number of amides is 2. The maximum atomic E-state index is 12.6. The number of ether oxygens (including phenoxy) is 1. The van der Waals surface area contributed by atoms with Crippen LogP contribution >= 0.6 is 23.2 Å². The molecule has 1 aliphatic carbocycles. The van der Waals surface area contributed by atoms with Crippen molar-refractivity contribution in [2.45, 2.75) is 18.8 Å². The molecule has 2 amide bonds. The molecule has 10 nitrogen and oxygen atoms in total. The molecule has 1 fully saturated rings. The van der Waals surface area contributed by atoms with Gasteiger partial charge in [-0.05, 0) is 23.8 Å². The minimum absolute atomic E-state index is 0.0150. The smallest absolute Gasteiger partial charge is 0.363 e. The van der Waals surface area contributed by atoms with E-state index in [-0.39, 0.29) is 56.8 Å². The van der Waals surface area contributed by atoms with E-state index in [1.165, 1.54) is 36.4 Å². The van der Waals surface area contributed by atoms with E-state index in [1.54, 1.807) is 0 Å². The minimum atomic E-state index is -1.39. The molecule has 188 valence electrons. The van der Waals surface area contributed by atoms with Crippen LogP contribution in [-0.2, 0) is 19.2 Å². The van der Waals surface area contributed by atoms with Gasteiger partial charge in [-0.15, -0.1) is 5.06 Å². The molecule has 0 saturated carbocycles. The number of imide groups is 1. The van der Waals surface area contributed by atoms with Gasteiger partial charge >= 0.3 is 11.9 Å². The predicted octanol–water partition coefficient (Wildman–Crippen LogP) is 3.69. The van der Waals surface area contributed by atoms with Crippen LogP contribution in [0.1, 0.15) is 50.6 Å². The average Bonchev–Trinajstić information content (AvgIpc) is 3.16. The Morgan fingerprint density at radius 1 is 1.03 bits per heavy atom. The minimum Gasteiger partial charge on any atom is -0.506 e. The fourth-order valence-corrected chi connectivity index (χ4v) is 4.84. The van der Waals surface area contributed by atoms with E-state index in [1.807, 2.05) is 0 Å². The number of rotatable bonds is 4. The molecule has 1 saturated heterocycles. The van der Waals surface area contributed by atoms with Crippen molar-refractivity contribution in [3.8, 4) is 11.5 Å².